The quantitative estimate of drug-likeness (QED) is 0.577. The Labute approximate surface area is 127 Å². The van der Waals surface area contributed by atoms with Gasteiger partial charge in [-0.05, 0) is 31.2 Å². The summed E-state index contributed by atoms with van der Waals surface area (Å²) in [6.07, 6.45) is 0. The number of carbonyl (C=O) groups excluding carboxylic acids is 3. The molecule has 0 aliphatic carbocycles. The molecule has 1 atom stereocenters. The van der Waals surface area contributed by atoms with Crippen molar-refractivity contribution < 1.29 is 19.1 Å². The number of ketones is 1. The Kier molecular flexibility index (Phi) is 6.90. The van der Waals surface area contributed by atoms with Gasteiger partial charge in [0.15, 0.2) is 5.78 Å². The van der Waals surface area contributed by atoms with Gasteiger partial charge in [0, 0.05) is 17.0 Å². The van der Waals surface area contributed by atoms with Crippen molar-refractivity contribution in [3.63, 3.8) is 0 Å². The van der Waals surface area contributed by atoms with Gasteiger partial charge in [-0.2, -0.15) is 0 Å². The zero-order valence-electron chi connectivity index (χ0n) is 11.9. The average molecular weight is 310 g/mol. The summed E-state index contributed by atoms with van der Waals surface area (Å²) in [5.74, 6) is -0.238. The molecule has 1 aromatic carbocycles. The topological polar surface area (TPSA) is 98.5 Å². The standard InChI is InChI=1S/C14H18N2O4S/c1-9(17)10-3-5-11(6-4-10)16-13(18)8-21-7-12(15)14(19)20-2/h3-6,12H,7-8,15H2,1-2H3,(H,16,18). The first-order valence-electron chi connectivity index (χ1n) is 6.26. The molecule has 21 heavy (non-hydrogen) atoms. The molecule has 1 unspecified atom stereocenters. The fourth-order valence-corrected chi connectivity index (χ4v) is 2.25. The summed E-state index contributed by atoms with van der Waals surface area (Å²) < 4.78 is 4.49. The van der Waals surface area contributed by atoms with Crippen LogP contribution < -0.4 is 11.1 Å². The van der Waals surface area contributed by atoms with E-state index in [4.69, 9.17) is 5.73 Å². The zero-order chi connectivity index (χ0) is 15.8. The minimum absolute atomic E-state index is 0.0276. The highest BCUT2D eigenvalue weighted by molar-refractivity contribution is 8.00. The average Bonchev–Trinajstić information content (AvgIpc) is 2.46. The molecule has 0 saturated heterocycles. The van der Waals surface area contributed by atoms with Crippen molar-refractivity contribution in [1.29, 1.82) is 0 Å². The van der Waals surface area contributed by atoms with Crippen LogP contribution in [0.1, 0.15) is 17.3 Å². The van der Waals surface area contributed by atoms with Crippen LogP contribution in [0.4, 0.5) is 5.69 Å². The summed E-state index contributed by atoms with van der Waals surface area (Å²) in [5, 5.41) is 2.70. The summed E-state index contributed by atoms with van der Waals surface area (Å²) in [4.78, 5) is 33.9. The highest BCUT2D eigenvalue weighted by atomic mass is 32.2. The van der Waals surface area contributed by atoms with Gasteiger partial charge in [-0.25, -0.2) is 0 Å². The number of nitrogens with one attached hydrogen (secondary N) is 1. The van der Waals surface area contributed by atoms with Crippen LogP contribution in [0.5, 0.6) is 0 Å². The lowest BCUT2D eigenvalue weighted by molar-refractivity contribution is -0.141. The Morgan fingerprint density at radius 1 is 1.29 bits per heavy atom. The van der Waals surface area contributed by atoms with Crippen LogP contribution in [-0.4, -0.2) is 42.3 Å². The number of methoxy groups -OCH3 is 1. The molecule has 0 heterocycles. The molecular formula is C14H18N2O4S. The number of esters is 1. The van der Waals surface area contributed by atoms with Crippen LogP contribution in [-0.2, 0) is 14.3 Å². The van der Waals surface area contributed by atoms with Gasteiger partial charge in [-0.1, -0.05) is 0 Å². The largest absolute Gasteiger partial charge is 0.468 e. The molecule has 1 aromatic rings. The molecule has 0 aliphatic rings. The fourth-order valence-electron chi connectivity index (χ4n) is 1.48. The van der Waals surface area contributed by atoms with Gasteiger partial charge in [0.25, 0.3) is 0 Å². The number of anilines is 1. The monoisotopic (exact) mass is 310 g/mol. The minimum Gasteiger partial charge on any atom is -0.468 e. The van der Waals surface area contributed by atoms with Gasteiger partial charge >= 0.3 is 5.97 Å². The lowest BCUT2D eigenvalue weighted by Crippen LogP contribution is -2.34. The van der Waals surface area contributed by atoms with E-state index in [2.05, 4.69) is 10.1 Å². The molecular weight excluding hydrogens is 292 g/mol. The summed E-state index contributed by atoms with van der Waals surface area (Å²) in [6, 6.07) is 5.90. The van der Waals surface area contributed by atoms with Gasteiger partial charge in [0.2, 0.25) is 5.91 Å². The van der Waals surface area contributed by atoms with Crippen LogP contribution in [0, 0.1) is 0 Å². The molecule has 0 radical (unpaired) electrons. The predicted molar refractivity (Wildman–Crippen MR) is 82.4 cm³/mol. The number of amides is 1. The van der Waals surface area contributed by atoms with Gasteiger partial charge in [0.05, 0.1) is 12.9 Å². The van der Waals surface area contributed by atoms with Crippen LogP contribution in [0.25, 0.3) is 0 Å². The number of rotatable bonds is 7. The summed E-state index contributed by atoms with van der Waals surface area (Å²) >= 11 is 1.25. The molecule has 114 valence electrons. The number of Topliss-reactive ketones (excluding diaryl/α,β-unsaturated/α-hetero) is 1. The van der Waals surface area contributed by atoms with E-state index in [-0.39, 0.29) is 17.4 Å². The Bertz CT molecular complexity index is 516. The Balaban J connectivity index is 2.37. The normalized spacial score (nSPS) is 11.6. The second-order valence-corrected chi connectivity index (χ2v) is 5.36. The third kappa shape index (κ3) is 5.97. The molecule has 3 N–H and O–H groups in total. The third-order valence-electron chi connectivity index (χ3n) is 2.61. The Morgan fingerprint density at radius 3 is 2.43 bits per heavy atom. The fraction of sp³-hybridized carbons (Fsp3) is 0.357. The molecule has 0 aliphatic heterocycles. The van der Waals surface area contributed by atoms with Crippen molar-refractivity contribution in [3.05, 3.63) is 29.8 Å². The predicted octanol–water partition coefficient (Wildman–Crippen LogP) is 1.06. The van der Waals surface area contributed by atoms with Gasteiger partial charge in [-0.3, -0.25) is 14.4 Å². The van der Waals surface area contributed by atoms with E-state index in [9.17, 15) is 14.4 Å². The Morgan fingerprint density at radius 2 is 1.90 bits per heavy atom. The van der Waals surface area contributed by atoms with Gasteiger partial charge in [-0.15, -0.1) is 11.8 Å². The zero-order valence-corrected chi connectivity index (χ0v) is 12.7. The van der Waals surface area contributed by atoms with E-state index in [1.54, 1.807) is 24.3 Å². The molecule has 0 aromatic heterocycles. The lowest BCUT2D eigenvalue weighted by Gasteiger charge is -2.09. The van der Waals surface area contributed by atoms with Gasteiger partial charge < -0.3 is 15.8 Å². The van der Waals surface area contributed by atoms with Crippen molar-refractivity contribution in [1.82, 2.24) is 0 Å². The van der Waals surface area contributed by atoms with E-state index in [0.29, 0.717) is 17.0 Å². The molecule has 0 saturated carbocycles. The number of carbonyl (C=O) groups is 3. The Hall–Kier alpha value is -1.86. The first kappa shape index (κ1) is 17.2. The van der Waals surface area contributed by atoms with E-state index in [1.165, 1.54) is 25.8 Å². The number of thioether (sulfide) groups is 1. The first-order valence-corrected chi connectivity index (χ1v) is 7.41. The number of hydrogen-bond donors (Lipinski definition) is 2. The van der Waals surface area contributed by atoms with Crippen molar-refractivity contribution in [2.75, 3.05) is 23.9 Å². The van der Waals surface area contributed by atoms with E-state index in [1.807, 2.05) is 0 Å². The maximum Gasteiger partial charge on any atom is 0.323 e. The molecule has 0 bridgehead atoms. The van der Waals surface area contributed by atoms with Gasteiger partial charge in [0.1, 0.15) is 6.04 Å². The van der Waals surface area contributed by atoms with Crippen LogP contribution in [0.2, 0.25) is 0 Å². The maximum atomic E-state index is 11.7. The van der Waals surface area contributed by atoms with Crippen molar-refractivity contribution in [2.24, 2.45) is 5.73 Å². The van der Waals surface area contributed by atoms with Crippen molar-refractivity contribution >= 4 is 35.1 Å². The summed E-state index contributed by atoms with van der Waals surface area (Å²) in [7, 11) is 1.27. The highest BCUT2D eigenvalue weighted by Gasteiger charge is 2.14. The molecule has 7 heteroatoms. The molecule has 1 amide bonds. The molecule has 0 fully saturated rings. The SMILES string of the molecule is COC(=O)C(N)CSCC(=O)Nc1ccc(C(C)=O)cc1. The first-order chi connectivity index (χ1) is 9.93. The van der Waals surface area contributed by atoms with E-state index >= 15 is 0 Å². The lowest BCUT2D eigenvalue weighted by atomic mass is 10.1. The molecule has 6 nitrogen and oxygen atoms in total. The second kappa shape index (κ2) is 8.43. The number of hydrogen-bond acceptors (Lipinski definition) is 6. The molecule has 1 rings (SSSR count). The second-order valence-electron chi connectivity index (χ2n) is 4.33. The summed E-state index contributed by atoms with van der Waals surface area (Å²) in [5.41, 5.74) is 6.76. The van der Waals surface area contributed by atoms with Crippen molar-refractivity contribution in [2.45, 2.75) is 13.0 Å². The highest BCUT2D eigenvalue weighted by Crippen LogP contribution is 2.11. The number of benzene rings is 1. The van der Waals surface area contributed by atoms with E-state index in [0.717, 1.165) is 0 Å². The van der Waals surface area contributed by atoms with Crippen molar-refractivity contribution in [3.8, 4) is 0 Å². The molecule has 0 spiro atoms. The minimum atomic E-state index is -0.734. The third-order valence-corrected chi connectivity index (χ3v) is 3.67. The summed E-state index contributed by atoms with van der Waals surface area (Å²) in [6.45, 7) is 1.48. The van der Waals surface area contributed by atoms with Crippen LogP contribution in [0.15, 0.2) is 24.3 Å². The smallest absolute Gasteiger partial charge is 0.323 e. The maximum absolute atomic E-state index is 11.7. The van der Waals surface area contributed by atoms with E-state index < -0.39 is 12.0 Å². The number of ether oxygens (including phenoxy) is 1. The number of nitrogens with two attached hydrogens (primary N) is 1. The van der Waals surface area contributed by atoms with Crippen LogP contribution in [0.3, 0.4) is 0 Å². The van der Waals surface area contributed by atoms with Crippen LogP contribution >= 0.6 is 11.8 Å².